The number of pyridine rings is 1. The van der Waals surface area contributed by atoms with E-state index in [2.05, 4.69) is 15.2 Å². The topological polar surface area (TPSA) is 65.5 Å². The van der Waals surface area contributed by atoms with Gasteiger partial charge in [0.25, 0.3) is 5.91 Å². The molecule has 28 heavy (non-hydrogen) atoms. The SMILES string of the molecule is CNC(=O)c1ccc(N2CCCC3(CCN(c4ccccc4Cl)C3=O)C2)nc1. The molecule has 2 aromatic rings. The molecule has 1 unspecified atom stereocenters. The van der Waals surface area contributed by atoms with Crippen molar-refractivity contribution in [3.8, 4) is 0 Å². The van der Waals surface area contributed by atoms with Crippen molar-refractivity contribution in [2.24, 2.45) is 5.41 Å². The number of nitrogens with one attached hydrogen (secondary N) is 1. The van der Waals surface area contributed by atoms with Gasteiger partial charge in [0.15, 0.2) is 0 Å². The molecule has 0 radical (unpaired) electrons. The molecule has 0 saturated carbocycles. The highest BCUT2D eigenvalue weighted by Crippen LogP contribution is 2.43. The molecule has 2 fully saturated rings. The fourth-order valence-electron chi connectivity index (χ4n) is 4.28. The maximum absolute atomic E-state index is 13.4. The predicted molar refractivity (Wildman–Crippen MR) is 110 cm³/mol. The number of carbonyl (C=O) groups excluding carboxylic acids is 2. The summed E-state index contributed by atoms with van der Waals surface area (Å²) >= 11 is 6.33. The molecular formula is C21H23ClN4O2. The molecule has 2 aliphatic rings. The highest BCUT2D eigenvalue weighted by Gasteiger charge is 2.49. The predicted octanol–water partition coefficient (Wildman–Crippen LogP) is 3.12. The van der Waals surface area contributed by atoms with Crippen LogP contribution < -0.4 is 15.1 Å². The number of carbonyl (C=O) groups is 2. The second-order valence-electron chi connectivity index (χ2n) is 7.45. The number of piperidine rings is 1. The second kappa shape index (κ2) is 7.43. The molecule has 1 spiro atoms. The van der Waals surface area contributed by atoms with Crippen molar-refractivity contribution in [1.29, 1.82) is 0 Å². The summed E-state index contributed by atoms with van der Waals surface area (Å²) in [6.45, 7) is 2.17. The van der Waals surface area contributed by atoms with Crippen molar-refractivity contribution in [1.82, 2.24) is 10.3 Å². The van der Waals surface area contributed by atoms with Crippen LogP contribution in [0.25, 0.3) is 0 Å². The van der Waals surface area contributed by atoms with E-state index < -0.39 is 5.41 Å². The van der Waals surface area contributed by atoms with Crippen molar-refractivity contribution < 1.29 is 9.59 Å². The van der Waals surface area contributed by atoms with Crippen LogP contribution in [-0.2, 0) is 4.79 Å². The zero-order valence-corrected chi connectivity index (χ0v) is 16.6. The van der Waals surface area contributed by atoms with Gasteiger partial charge in [0, 0.05) is 32.9 Å². The fraction of sp³-hybridized carbons (Fsp3) is 0.381. The Morgan fingerprint density at radius 2 is 2.00 bits per heavy atom. The Labute approximate surface area is 169 Å². The number of anilines is 2. The highest BCUT2D eigenvalue weighted by molar-refractivity contribution is 6.34. The lowest BCUT2D eigenvalue weighted by molar-refractivity contribution is -0.126. The monoisotopic (exact) mass is 398 g/mol. The maximum atomic E-state index is 13.4. The molecule has 0 aliphatic carbocycles. The van der Waals surface area contributed by atoms with E-state index in [0.29, 0.717) is 23.7 Å². The summed E-state index contributed by atoms with van der Waals surface area (Å²) in [6, 6.07) is 11.1. The van der Waals surface area contributed by atoms with Crippen LogP contribution in [0.3, 0.4) is 0 Å². The molecule has 2 saturated heterocycles. The minimum Gasteiger partial charge on any atom is -0.356 e. The van der Waals surface area contributed by atoms with Gasteiger partial charge in [-0.05, 0) is 43.5 Å². The number of amides is 2. The first-order chi connectivity index (χ1) is 13.5. The Bertz CT molecular complexity index is 902. The van der Waals surface area contributed by atoms with Gasteiger partial charge in [0.1, 0.15) is 5.82 Å². The summed E-state index contributed by atoms with van der Waals surface area (Å²) < 4.78 is 0. The Hall–Kier alpha value is -2.60. The zero-order chi connectivity index (χ0) is 19.7. The van der Waals surface area contributed by atoms with Crippen molar-refractivity contribution in [3.63, 3.8) is 0 Å². The first-order valence-corrected chi connectivity index (χ1v) is 9.91. The van der Waals surface area contributed by atoms with Gasteiger partial charge in [0.05, 0.1) is 21.7 Å². The lowest BCUT2D eigenvalue weighted by Gasteiger charge is -2.39. The van der Waals surface area contributed by atoms with Gasteiger partial charge in [-0.25, -0.2) is 4.98 Å². The average Bonchev–Trinajstić information content (AvgIpc) is 3.03. The second-order valence-corrected chi connectivity index (χ2v) is 7.86. The van der Waals surface area contributed by atoms with Crippen molar-refractivity contribution in [2.75, 3.05) is 36.5 Å². The molecule has 7 heteroatoms. The molecule has 1 aromatic heterocycles. The lowest BCUT2D eigenvalue weighted by Crippen LogP contribution is -2.48. The van der Waals surface area contributed by atoms with Crippen LogP contribution in [0.4, 0.5) is 11.5 Å². The third kappa shape index (κ3) is 3.22. The smallest absolute Gasteiger partial charge is 0.252 e. The number of aromatic nitrogens is 1. The van der Waals surface area contributed by atoms with E-state index in [1.807, 2.05) is 35.2 Å². The Balaban J connectivity index is 1.54. The number of hydrogen-bond donors (Lipinski definition) is 1. The Morgan fingerprint density at radius 1 is 1.18 bits per heavy atom. The van der Waals surface area contributed by atoms with Crippen LogP contribution >= 0.6 is 11.6 Å². The minimum absolute atomic E-state index is 0.146. The van der Waals surface area contributed by atoms with Crippen molar-refractivity contribution in [2.45, 2.75) is 19.3 Å². The van der Waals surface area contributed by atoms with Gasteiger partial charge in [-0.3, -0.25) is 9.59 Å². The Morgan fingerprint density at radius 3 is 2.71 bits per heavy atom. The molecule has 6 nitrogen and oxygen atoms in total. The molecule has 1 N–H and O–H groups in total. The molecule has 1 atom stereocenters. The highest BCUT2D eigenvalue weighted by atomic mass is 35.5. The number of nitrogens with zero attached hydrogens (tertiary/aromatic N) is 3. The third-order valence-corrected chi connectivity index (χ3v) is 6.11. The molecule has 1 aromatic carbocycles. The normalized spacial score (nSPS) is 22.0. The van der Waals surface area contributed by atoms with Crippen LogP contribution in [0, 0.1) is 5.41 Å². The fourth-order valence-corrected chi connectivity index (χ4v) is 4.52. The molecular weight excluding hydrogens is 376 g/mol. The quantitative estimate of drug-likeness (QED) is 0.862. The van der Waals surface area contributed by atoms with E-state index in [-0.39, 0.29) is 11.8 Å². The summed E-state index contributed by atoms with van der Waals surface area (Å²) in [7, 11) is 1.60. The van der Waals surface area contributed by atoms with Crippen LogP contribution in [-0.4, -0.2) is 43.5 Å². The van der Waals surface area contributed by atoms with E-state index >= 15 is 0 Å². The third-order valence-electron chi connectivity index (χ3n) is 5.79. The van der Waals surface area contributed by atoms with Crippen LogP contribution in [0.2, 0.25) is 5.02 Å². The summed E-state index contributed by atoms with van der Waals surface area (Å²) in [4.78, 5) is 33.5. The molecule has 146 valence electrons. The summed E-state index contributed by atoms with van der Waals surface area (Å²) in [5.41, 5.74) is 0.912. The summed E-state index contributed by atoms with van der Waals surface area (Å²) in [6.07, 6.45) is 4.20. The van der Waals surface area contributed by atoms with Gasteiger partial charge < -0.3 is 15.1 Å². The summed E-state index contributed by atoms with van der Waals surface area (Å²) in [5.74, 6) is 0.790. The average molecular weight is 399 g/mol. The largest absolute Gasteiger partial charge is 0.356 e. The van der Waals surface area contributed by atoms with Crippen molar-refractivity contribution in [3.05, 3.63) is 53.2 Å². The number of halogens is 1. The summed E-state index contributed by atoms with van der Waals surface area (Å²) in [5, 5.41) is 3.20. The van der Waals surface area contributed by atoms with Crippen LogP contribution in [0.5, 0.6) is 0 Å². The zero-order valence-electron chi connectivity index (χ0n) is 15.8. The van der Waals surface area contributed by atoms with E-state index in [9.17, 15) is 9.59 Å². The number of para-hydroxylation sites is 1. The molecule has 0 bridgehead atoms. The van der Waals surface area contributed by atoms with Crippen molar-refractivity contribution >= 4 is 34.9 Å². The molecule has 3 heterocycles. The molecule has 4 rings (SSSR count). The maximum Gasteiger partial charge on any atom is 0.252 e. The van der Waals surface area contributed by atoms with Crippen LogP contribution in [0.1, 0.15) is 29.6 Å². The minimum atomic E-state index is -0.404. The van der Waals surface area contributed by atoms with Gasteiger partial charge >= 0.3 is 0 Å². The molecule has 2 aliphatic heterocycles. The van der Waals surface area contributed by atoms with E-state index in [1.54, 1.807) is 19.3 Å². The Kier molecular flexibility index (Phi) is 4.98. The lowest BCUT2D eigenvalue weighted by atomic mass is 9.78. The standard InChI is InChI=1S/C21H23ClN4O2/c1-23-19(27)15-7-8-18(24-13-15)25-11-4-9-21(14-25)10-12-26(20(21)28)17-6-3-2-5-16(17)22/h2-3,5-8,13H,4,9-12,14H2,1H3,(H,23,27). The van der Waals surface area contributed by atoms with E-state index in [0.717, 1.165) is 37.3 Å². The number of hydrogen-bond acceptors (Lipinski definition) is 4. The van der Waals surface area contributed by atoms with Gasteiger partial charge in [0.2, 0.25) is 5.91 Å². The van der Waals surface area contributed by atoms with Crippen LogP contribution in [0.15, 0.2) is 42.6 Å². The van der Waals surface area contributed by atoms with E-state index in [4.69, 9.17) is 11.6 Å². The molecule has 2 amide bonds. The van der Waals surface area contributed by atoms with Gasteiger partial charge in [-0.2, -0.15) is 0 Å². The number of benzene rings is 1. The van der Waals surface area contributed by atoms with E-state index in [1.165, 1.54) is 0 Å². The van der Waals surface area contributed by atoms with Gasteiger partial charge in [-0.1, -0.05) is 23.7 Å². The van der Waals surface area contributed by atoms with Gasteiger partial charge in [-0.15, -0.1) is 0 Å². The first-order valence-electron chi connectivity index (χ1n) is 9.54. The number of rotatable bonds is 3. The first kappa shape index (κ1) is 18.7.